The van der Waals surface area contributed by atoms with E-state index in [2.05, 4.69) is 10.3 Å². The van der Waals surface area contributed by atoms with Crippen molar-refractivity contribution in [2.45, 2.75) is 11.7 Å². The van der Waals surface area contributed by atoms with Crippen LogP contribution >= 0.6 is 23.4 Å². The molecule has 166 valence electrons. The summed E-state index contributed by atoms with van der Waals surface area (Å²) >= 11 is 7.56. The molecule has 2 heterocycles. The van der Waals surface area contributed by atoms with Gasteiger partial charge in [-0.3, -0.25) is 14.2 Å². The highest BCUT2D eigenvalue weighted by atomic mass is 35.5. The molecule has 33 heavy (non-hydrogen) atoms. The van der Waals surface area contributed by atoms with Crippen molar-refractivity contribution in [3.8, 4) is 17.2 Å². The minimum atomic E-state index is -0.239. The molecule has 7 nitrogen and oxygen atoms in total. The third kappa shape index (κ3) is 4.40. The maximum atomic E-state index is 13.3. The normalized spacial score (nSPS) is 12.2. The monoisotopic (exact) mass is 479 g/mol. The van der Waals surface area contributed by atoms with Gasteiger partial charge >= 0.3 is 0 Å². The maximum absolute atomic E-state index is 13.3. The molecule has 0 atom stereocenters. The van der Waals surface area contributed by atoms with Gasteiger partial charge in [0.2, 0.25) is 12.7 Å². The average Bonchev–Trinajstić information content (AvgIpc) is 3.30. The van der Waals surface area contributed by atoms with E-state index in [4.69, 9.17) is 21.1 Å². The summed E-state index contributed by atoms with van der Waals surface area (Å²) in [6.07, 6.45) is 0. The van der Waals surface area contributed by atoms with Crippen LogP contribution in [0.1, 0.15) is 5.56 Å². The van der Waals surface area contributed by atoms with Gasteiger partial charge in [0.25, 0.3) is 5.56 Å². The zero-order valence-corrected chi connectivity index (χ0v) is 18.9. The summed E-state index contributed by atoms with van der Waals surface area (Å²) in [4.78, 5) is 30.5. The predicted octanol–water partition coefficient (Wildman–Crippen LogP) is 4.18. The number of amides is 1. The summed E-state index contributed by atoms with van der Waals surface area (Å²) in [6.45, 7) is 0.548. The fourth-order valence-electron chi connectivity index (χ4n) is 3.49. The standard InChI is InChI=1S/C24H18ClN3O4S/c25-17-6-2-4-8-19(17)28-23(30)16-5-1-3-7-18(16)27-24(28)33-13-22(29)26-12-15-9-10-20-21(11-15)32-14-31-20/h1-11H,12-14H2,(H,26,29). The van der Waals surface area contributed by atoms with Gasteiger partial charge in [0, 0.05) is 6.54 Å². The molecule has 0 aliphatic carbocycles. The molecule has 1 aromatic heterocycles. The highest BCUT2D eigenvalue weighted by Gasteiger charge is 2.17. The number of aromatic nitrogens is 2. The number of fused-ring (bicyclic) bond motifs is 2. The van der Waals surface area contributed by atoms with Crippen molar-refractivity contribution in [3.63, 3.8) is 0 Å². The molecule has 0 saturated carbocycles. The molecule has 1 amide bonds. The number of hydrogen-bond donors (Lipinski definition) is 1. The summed E-state index contributed by atoms with van der Waals surface area (Å²) in [7, 11) is 0. The number of ether oxygens (including phenoxy) is 2. The van der Waals surface area contributed by atoms with Gasteiger partial charge in [0.05, 0.1) is 27.4 Å². The molecule has 1 aliphatic heterocycles. The molecule has 3 aromatic carbocycles. The van der Waals surface area contributed by atoms with Crippen molar-refractivity contribution in [3.05, 3.63) is 87.7 Å². The number of carbonyl (C=O) groups excluding carboxylic acids is 1. The largest absolute Gasteiger partial charge is 0.454 e. The van der Waals surface area contributed by atoms with Gasteiger partial charge < -0.3 is 14.8 Å². The Morgan fingerprint density at radius 2 is 1.85 bits per heavy atom. The van der Waals surface area contributed by atoms with Crippen LogP contribution in [0.3, 0.4) is 0 Å². The topological polar surface area (TPSA) is 82.5 Å². The molecule has 9 heteroatoms. The lowest BCUT2D eigenvalue weighted by Crippen LogP contribution is -2.26. The first-order chi connectivity index (χ1) is 16.1. The van der Waals surface area contributed by atoms with E-state index in [9.17, 15) is 9.59 Å². The summed E-state index contributed by atoms with van der Waals surface area (Å²) < 4.78 is 12.1. The first-order valence-electron chi connectivity index (χ1n) is 10.1. The van der Waals surface area contributed by atoms with Crippen LogP contribution in [-0.2, 0) is 11.3 Å². The molecule has 0 fully saturated rings. The van der Waals surface area contributed by atoms with Crippen LogP contribution in [0.15, 0.2) is 76.7 Å². The molecule has 1 aliphatic rings. The van der Waals surface area contributed by atoms with Crippen LogP contribution in [-0.4, -0.2) is 28.0 Å². The van der Waals surface area contributed by atoms with Crippen molar-refractivity contribution in [2.75, 3.05) is 12.5 Å². The highest BCUT2D eigenvalue weighted by Crippen LogP contribution is 2.32. The van der Waals surface area contributed by atoms with Crippen LogP contribution in [0, 0.1) is 0 Å². The molecule has 1 N–H and O–H groups in total. The third-order valence-electron chi connectivity index (χ3n) is 5.10. The molecule has 0 unspecified atom stereocenters. The van der Waals surface area contributed by atoms with E-state index >= 15 is 0 Å². The maximum Gasteiger partial charge on any atom is 0.266 e. The first kappa shape index (κ1) is 21.4. The number of benzene rings is 3. The van der Waals surface area contributed by atoms with Crippen molar-refractivity contribution in [2.24, 2.45) is 0 Å². The Kier molecular flexibility index (Phi) is 5.93. The van der Waals surface area contributed by atoms with Gasteiger partial charge in [-0.2, -0.15) is 0 Å². The zero-order valence-electron chi connectivity index (χ0n) is 17.3. The smallest absolute Gasteiger partial charge is 0.266 e. The minimum absolute atomic E-state index is 0.0831. The van der Waals surface area contributed by atoms with E-state index in [0.29, 0.717) is 44.8 Å². The van der Waals surface area contributed by atoms with Crippen molar-refractivity contribution in [1.82, 2.24) is 14.9 Å². The SMILES string of the molecule is O=C(CSc1nc2ccccc2c(=O)n1-c1ccccc1Cl)NCc1ccc2c(c1)OCO2. The number of hydrogen-bond acceptors (Lipinski definition) is 6. The molecule has 0 radical (unpaired) electrons. The average molecular weight is 480 g/mol. The molecular weight excluding hydrogens is 462 g/mol. The summed E-state index contributed by atoms with van der Waals surface area (Å²) in [5.74, 6) is 1.26. The van der Waals surface area contributed by atoms with Gasteiger partial charge in [0.1, 0.15) is 0 Å². The van der Waals surface area contributed by atoms with Crippen LogP contribution in [0.5, 0.6) is 11.5 Å². The van der Waals surface area contributed by atoms with E-state index < -0.39 is 0 Å². The molecular formula is C24H18ClN3O4S. The lowest BCUT2D eigenvalue weighted by Gasteiger charge is -2.14. The fourth-order valence-corrected chi connectivity index (χ4v) is 4.54. The Morgan fingerprint density at radius 1 is 1.06 bits per heavy atom. The number of carbonyl (C=O) groups is 1. The Hall–Kier alpha value is -3.49. The van der Waals surface area contributed by atoms with E-state index in [1.54, 1.807) is 42.5 Å². The molecule has 0 spiro atoms. The van der Waals surface area contributed by atoms with Crippen molar-refractivity contribution in [1.29, 1.82) is 0 Å². The zero-order chi connectivity index (χ0) is 22.8. The number of thioether (sulfide) groups is 1. The van der Waals surface area contributed by atoms with Crippen LogP contribution in [0.2, 0.25) is 5.02 Å². The van der Waals surface area contributed by atoms with Gasteiger partial charge in [-0.25, -0.2) is 4.98 Å². The predicted molar refractivity (Wildman–Crippen MR) is 127 cm³/mol. The highest BCUT2D eigenvalue weighted by molar-refractivity contribution is 7.99. The number of halogens is 1. The van der Waals surface area contributed by atoms with Gasteiger partial charge in [-0.1, -0.05) is 53.7 Å². The second-order valence-corrected chi connectivity index (χ2v) is 8.61. The van der Waals surface area contributed by atoms with Gasteiger partial charge in [0.15, 0.2) is 16.7 Å². The van der Waals surface area contributed by atoms with Gasteiger partial charge in [-0.05, 0) is 42.0 Å². The Labute approximate surface area is 198 Å². The third-order valence-corrected chi connectivity index (χ3v) is 6.36. The lowest BCUT2D eigenvalue weighted by atomic mass is 10.2. The molecule has 4 aromatic rings. The number of rotatable bonds is 6. The lowest BCUT2D eigenvalue weighted by molar-refractivity contribution is -0.118. The van der Waals surface area contributed by atoms with Crippen molar-refractivity contribution >= 4 is 40.2 Å². The van der Waals surface area contributed by atoms with Gasteiger partial charge in [-0.15, -0.1) is 0 Å². The minimum Gasteiger partial charge on any atom is -0.454 e. The quantitative estimate of drug-likeness (QED) is 0.330. The second kappa shape index (κ2) is 9.17. The van der Waals surface area contributed by atoms with Crippen LogP contribution in [0.25, 0.3) is 16.6 Å². The van der Waals surface area contributed by atoms with E-state index in [1.807, 2.05) is 24.3 Å². The first-order valence-corrected chi connectivity index (χ1v) is 11.5. The fraction of sp³-hybridized carbons (Fsp3) is 0.125. The van der Waals surface area contributed by atoms with Crippen LogP contribution in [0.4, 0.5) is 0 Å². The Balaban J connectivity index is 1.37. The molecule has 5 rings (SSSR count). The Morgan fingerprint density at radius 3 is 2.73 bits per heavy atom. The van der Waals surface area contributed by atoms with E-state index in [1.165, 1.54) is 16.3 Å². The van der Waals surface area contributed by atoms with Crippen molar-refractivity contribution < 1.29 is 14.3 Å². The van der Waals surface area contributed by atoms with Crippen LogP contribution < -0.4 is 20.3 Å². The summed E-state index contributed by atoms with van der Waals surface area (Å²) in [5, 5.41) is 4.18. The number of nitrogens with one attached hydrogen (secondary N) is 1. The molecule has 0 saturated heterocycles. The summed E-state index contributed by atoms with van der Waals surface area (Å²) in [6, 6.07) is 19.7. The molecule has 0 bridgehead atoms. The number of para-hydroxylation sites is 2. The van der Waals surface area contributed by atoms with E-state index in [0.717, 1.165) is 5.56 Å². The summed E-state index contributed by atoms with van der Waals surface area (Å²) in [5.41, 5.74) is 1.74. The van der Waals surface area contributed by atoms with E-state index in [-0.39, 0.29) is 24.0 Å². The Bertz CT molecular complexity index is 1420. The second-order valence-electron chi connectivity index (χ2n) is 7.26. The number of nitrogens with zero attached hydrogens (tertiary/aromatic N) is 2.